The molecule has 6 nitrogen and oxygen atoms in total. The van der Waals surface area contributed by atoms with E-state index in [1.54, 1.807) is 49.3 Å². The van der Waals surface area contributed by atoms with E-state index in [-0.39, 0.29) is 25.2 Å². The van der Waals surface area contributed by atoms with Crippen molar-refractivity contribution in [3.63, 3.8) is 0 Å². The molecule has 3 aromatic rings. The van der Waals surface area contributed by atoms with Gasteiger partial charge in [-0.15, -0.1) is 0 Å². The predicted molar refractivity (Wildman–Crippen MR) is 149 cm³/mol. The molecule has 0 aromatic heterocycles. The number of nitrogens with one attached hydrogen (secondary N) is 1. The molecular formula is C28H30ClN3O3S. The van der Waals surface area contributed by atoms with Crippen molar-refractivity contribution in [2.75, 3.05) is 43.1 Å². The fraction of sp³-hybridized carbons (Fsp3) is 0.286. The molecule has 0 aliphatic carbocycles. The number of benzene rings is 3. The van der Waals surface area contributed by atoms with Crippen LogP contribution in [0.5, 0.6) is 5.75 Å². The van der Waals surface area contributed by atoms with Gasteiger partial charge in [-0.2, -0.15) is 13.5 Å². The number of ketones is 1. The standard InChI is InChI=1S/C28H28ClN3O3.H2S/c1-28(20-8-10-22(35-2)11-9-20)26(33)25-23(31-14-12-30-13-15-31)16-21(29)17-24(25)32(27(28)34)18-19-6-4-3-5-7-19;/h3-11,16-17,30H,12-15,18H2,1-2H3;1H2/t28-;/m0./s1. The molecule has 5 rings (SSSR count). The molecule has 0 radical (unpaired) electrons. The Hall–Kier alpha value is -3.00. The number of halogens is 1. The molecule has 0 spiro atoms. The second-order valence-corrected chi connectivity index (χ2v) is 9.55. The van der Waals surface area contributed by atoms with Crippen molar-refractivity contribution < 1.29 is 14.3 Å². The third-order valence-corrected chi connectivity index (χ3v) is 7.23. The van der Waals surface area contributed by atoms with Gasteiger partial charge >= 0.3 is 0 Å². The molecule has 1 fully saturated rings. The first kappa shape index (κ1) is 26.1. The van der Waals surface area contributed by atoms with Crippen molar-refractivity contribution in [3.8, 4) is 5.75 Å². The number of carbonyl (C=O) groups excluding carboxylic acids is 2. The van der Waals surface area contributed by atoms with Crippen molar-refractivity contribution in [2.45, 2.75) is 18.9 Å². The quantitative estimate of drug-likeness (QED) is 0.497. The van der Waals surface area contributed by atoms with E-state index in [0.29, 0.717) is 34.1 Å². The first-order chi connectivity index (χ1) is 16.9. The van der Waals surface area contributed by atoms with Crippen LogP contribution in [0.1, 0.15) is 28.4 Å². The lowest BCUT2D eigenvalue weighted by Crippen LogP contribution is -2.55. The van der Waals surface area contributed by atoms with Gasteiger partial charge in [0.1, 0.15) is 11.2 Å². The molecule has 2 aliphatic rings. The highest BCUT2D eigenvalue weighted by Gasteiger charge is 2.52. The van der Waals surface area contributed by atoms with E-state index < -0.39 is 5.41 Å². The van der Waals surface area contributed by atoms with Gasteiger partial charge in [0.25, 0.3) is 0 Å². The number of hydrogen-bond acceptors (Lipinski definition) is 5. The maximum atomic E-state index is 14.3. The third-order valence-electron chi connectivity index (χ3n) is 7.01. The summed E-state index contributed by atoms with van der Waals surface area (Å²) in [5, 5.41) is 3.86. The summed E-state index contributed by atoms with van der Waals surface area (Å²) in [7, 11) is 1.59. The number of carbonyl (C=O) groups is 2. The molecule has 0 bridgehead atoms. The number of nitrogens with zero attached hydrogens (tertiary/aromatic N) is 2. The van der Waals surface area contributed by atoms with Crippen molar-refractivity contribution in [1.29, 1.82) is 0 Å². The number of rotatable bonds is 5. The number of amides is 1. The van der Waals surface area contributed by atoms with Gasteiger partial charge in [0, 0.05) is 31.2 Å². The topological polar surface area (TPSA) is 61.9 Å². The van der Waals surface area contributed by atoms with E-state index >= 15 is 0 Å². The number of methoxy groups -OCH3 is 1. The van der Waals surface area contributed by atoms with Crippen LogP contribution in [0, 0.1) is 0 Å². The molecule has 2 heterocycles. The van der Waals surface area contributed by atoms with Crippen LogP contribution in [-0.2, 0) is 16.8 Å². The second-order valence-electron chi connectivity index (χ2n) is 9.12. The Morgan fingerprint density at radius 1 is 0.972 bits per heavy atom. The van der Waals surface area contributed by atoms with E-state index in [4.69, 9.17) is 16.3 Å². The van der Waals surface area contributed by atoms with Crippen molar-refractivity contribution in [1.82, 2.24) is 5.32 Å². The Morgan fingerprint density at radius 2 is 1.61 bits per heavy atom. The minimum atomic E-state index is -1.38. The van der Waals surface area contributed by atoms with Gasteiger partial charge in [0.2, 0.25) is 5.91 Å². The lowest BCUT2D eigenvalue weighted by molar-refractivity contribution is -0.122. The van der Waals surface area contributed by atoms with Gasteiger partial charge < -0.3 is 19.9 Å². The smallest absolute Gasteiger partial charge is 0.245 e. The summed E-state index contributed by atoms with van der Waals surface area (Å²) in [4.78, 5) is 32.4. The SMILES string of the molecule is COc1ccc([C@@]2(C)C(=O)c3c(N4CCNCC4)cc(Cl)cc3N(Cc3ccccc3)C2=O)cc1.S. The minimum Gasteiger partial charge on any atom is -0.497 e. The highest BCUT2D eigenvalue weighted by molar-refractivity contribution is 7.59. The second kappa shape index (κ2) is 10.5. The summed E-state index contributed by atoms with van der Waals surface area (Å²) in [6.45, 7) is 5.22. The molecule has 36 heavy (non-hydrogen) atoms. The Balaban J connectivity index is 0.00000304. The summed E-state index contributed by atoms with van der Waals surface area (Å²) in [6.07, 6.45) is 0. The minimum absolute atomic E-state index is 0. The number of ether oxygens (including phenoxy) is 1. The largest absolute Gasteiger partial charge is 0.497 e. The maximum Gasteiger partial charge on any atom is 0.245 e. The Kier molecular flexibility index (Phi) is 7.64. The van der Waals surface area contributed by atoms with Gasteiger partial charge in [-0.3, -0.25) is 9.59 Å². The molecule has 1 N–H and O–H groups in total. The van der Waals surface area contributed by atoms with Crippen molar-refractivity contribution >= 4 is 48.2 Å². The van der Waals surface area contributed by atoms with Crippen LogP contribution in [-0.4, -0.2) is 45.0 Å². The predicted octanol–water partition coefficient (Wildman–Crippen LogP) is 4.56. The maximum absolute atomic E-state index is 14.3. The highest BCUT2D eigenvalue weighted by Crippen LogP contribution is 2.46. The molecule has 8 heteroatoms. The summed E-state index contributed by atoms with van der Waals surface area (Å²) in [5.41, 5.74) is 2.12. The summed E-state index contributed by atoms with van der Waals surface area (Å²) < 4.78 is 5.30. The summed E-state index contributed by atoms with van der Waals surface area (Å²) >= 11 is 6.58. The first-order valence-electron chi connectivity index (χ1n) is 11.8. The fourth-order valence-corrected chi connectivity index (χ4v) is 5.21. The van der Waals surface area contributed by atoms with Crippen molar-refractivity contribution in [2.24, 2.45) is 0 Å². The molecule has 3 aromatic carbocycles. The molecule has 0 saturated carbocycles. The van der Waals surface area contributed by atoms with Gasteiger partial charge in [-0.25, -0.2) is 0 Å². The van der Waals surface area contributed by atoms with Gasteiger partial charge in [0.05, 0.1) is 30.6 Å². The normalized spacial score (nSPS) is 19.5. The number of anilines is 2. The molecule has 1 atom stereocenters. The number of fused-ring (bicyclic) bond motifs is 1. The average Bonchev–Trinajstić information content (AvgIpc) is 2.90. The van der Waals surface area contributed by atoms with Crippen molar-refractivity contribution in [3.05, 3.63) is 88.4 Å². The number of hydrogen-bond donors (Lipinski definition) is 1. The molecular weight excluding hydrogens is 494 g/mol. The molecule has 1 saturated heterocycles. The Labute approximate surface area is 223 Å². The monoisotopic (exact) mass is 523 g/mol. The Morgan fingerprint density at radius 3 is 2.25 bits per heavy atom. The van der Waals surface area contributed by atoms with Crippen LogP contribution in [0.2, 0.25) is 5.02 Å². The molecule has 188 valence electrons. The van der Waals surface area contributed by atoms with E-state index in [1.165, 1.54) is 0 Å². The molecule has 2 aliphatic heterocycles. The first-order valence-corrected chi connectivity index (χ1v) is 12.2. The van der Waals surface area contributed by atoms with Gasteiger partial charge in [-0.1, -0.05) is 54.1 Å². The van der Waals surface area contributed by atoms with Crippen LogP contribution < -0.4 is 19.9 Å². The lowest BCUT2D eigenvalue weighted by Gasteiger charge is -2.42. The Bertz CT molecular complexity index is 1260. The van der Waals surface area contributed by atoms with E-state index in [0.717, 1.165) is 37.4 Å². The zero-order valence-electron chi connectivity index (χ0n) is 20.4. The zero-order chi connectivity index (χ0) is 24.6. The van der Waals surface area contributed by atoms with Crippen LogP contribution in [0.15, 0.2) is 66.7 Å². The van der Waals surface area contributed by atoms with Crippen LogP contribution in [0.3, 0.4) is 0 Å². The van der Waals surface area contributed by atoms with E-state index in [2.05, 4.69) is 10.2 Å². The molecule has 0 unspecified atom stereocenters. The van der Waals surface area contributed by atoms with Gasteiger partial charge in [0.15, 0.2) is 5.78 Å². The fourth-order valence-electron chi connectivity index (χ4n) is 5.01. The van der Waals surface area contributed by atoms with Crippen LogP contribution >= 0.6 is 25.1 Å². The van der Waals surface area contributed by atoms with Crippen LogP contribution in [0.4, 0.5) is 11.4 Å². The van der Waals surface area contributed by atoms with Crippen LogP contribution in [0.25, 0.3) is 0 Å². The summed E-state index contributed by atoms with van der Waals surface area (Å²) in [5.74, 6) is 0.192. The lowest BCUT2D eigenvalue weighted by atomic mass is 9.71. The third kappa shape index (κ3) is 4.47. The van der Waals surface area contributed by atoms with Gasteiger partial charge in [-0.05, 0) is 42.3 Å². The zero-order valence-corrected chi connectivity index (χ0v) is 22.1. The highest BCUT2D eigenvalue weighted by atomic mass is 35.5. The van der Waals surface area contributed by atoms with E-state index in [9.17, 15) is 9.59 Å². The summed E-state index contributed by atoms with van der Waals surface area (Å²) in [6, 6.07) is 20.6. The number of Topliss-reactive ketones (excluding diaryl/α,β-unsaturated/α-hetero) is 1. The average molecular weight is 524 g/mol. The molecule has 1 amide bonds. The van der Waals surface area contributed by atoms with E-state index in [1.807, 2.05) is 36.4 Å². The number of piperazine rings is 1.